The molecule has 0 amide bonds. The van der Waals surface area contributed by atoms with Gasteiger partial charge >= 0.3 is 17.9 Å². The lowest BCUT2D eigenvalue weighted by atomic mass is 9.76. The first kappa shape index (κ1) is 21.3. The number of methoxy groups -OCH3 is 1. The standard InChI is InChI=1S/C22H28O7/c1-13(23)27-12-18-17(19-7-8-20(18)29-19)11-21(28-14(2)24)16-6-4-5-15(9-16)10-22(25)26-3/h4-6,9,17-21H,7-8,10-12H2,1-3H3/t17-,18+,19+,20-,21?/m1/s1. The van der Waals surface area contributed by atoms with Gasteiger partial charge in [-0.1, -0.05) is 24.3 Å². The number of benzene rings is 1. The number of carbonyl (C=O) groups excluding carboxylic acids is 3. The fourth-order valence-corrected chi connectivity index (χ4v) is 4.48. The number of fused-ring (bicyclic) bond motifs is 2. The quantitative estimate of drug-likeness (QED) is 0.486. The Bertz CT molecular complexity index is 759. The molecule has 3 rings (SSSR count). The van der Waals surface area contributed by atoms with E-state index in [1.54, 1.807) is 0 Å². The Morgan fingerprint density at radius 2 is 1.83 bits per heavy atom. The van der Waals surface area contributed by atoms with Gasteiger partial charge in [0, 0.05) is 19.8 Å². The highest BCUT2D eigenvalue weighted by Crippen LogP contribution is 2.47. The molecule has 2 aliphatic heterocycles. The van der Waals surface area contributed by atoms with Crippen molar-refractivity contribution in [3.63, 3.8) is 0 Å². The molecule has 2 saturated heterocycles. The fourth-order valence-electron chi connectivity index (χ4n) is 4.48. The monoisotopic (exact) mass is 404 g/mol. The summed E-state index contributed by atoms with van der Waals surface area (Å²) in [5.74, 6) is -0.780. The van der Waals surface area contributed by atoms with Gasteiger partial charge in [-0.2, -0.15) is 0 Å². The molecule has 1 unspecified atom stereocenters. The van der Waals surface area contributed by atoms with Gasteiger partial charge in [0.05, 0.1) is 32.3 Å². The van der Waals surface area contributed by atoms with Crippen LogP contribution in [-0.2, 0) is 39.8 Å². The lowest BCUT2D eigenvalue weighted by molar-refractivity contribution is -0.148. The SMILES string of the molecule is COC(=O)Cc1cccc(C(C[C@@H]2[C@H](COC(C)=O)[C@H]3CC[C@@H]2O3)OC(C)=O)c1. The molecule has 5 atom stereocenters. The third-order valence-electron chi connectivity index (χ3n) is 5.76. The minimum absolute atomic E-state index is 0.0768. The fraction of sp³-hybridized carbons (Fsp3) is 0.591. The van der Waals surface area contributed by atoms with Gasteiger partial charge in [-0.05, 0) is 36.3 Å². The number of hydrogen-bond donors (Lipinski definition) is 0. The predicted molar refractivity (Wildman–Crippen MR) is 103 cm³/mol. The van der Waals surface area contributed by atoms with Crippen molar-refractivity contribution in [3.8, 4) is 0 Å². The Kier molecular flexibility index (Phi) is 6.90. The summed E-state index contributed by atoms with van der Waals surface area (Å²) in [7, 11) is 1.35. The maximum absolute atomic E-state index is 11.8. The zero-order chi connectivity index (χ0) is 21.0. The molecule has 158 valence electrons. The summed E-state index contributed by atoms with van der Waals surface area (Å²) in [5.41, 5.74) is 1.63. The lowest BCUT2D eigenvalue weighted by Gasteiger charge is -2.30. The zero-order valence-corrected chi connectivity index (χ0v) is 17.1. The largest absolute Gasteiger partial charge is 0.469 e. The maximum atomic E-state index is 11.8. The van der Waals surface area contributed by atoms with Crippen LogP contribution in [0.5, 0.6) is 0 Å². The Morgan fingerprint density at radius 3 is 2.48 bits per heavy atom. The minimum atomic E-state index is -0.460. The first-order valence-corrected chi connectivity index (χ1v) is 9.99. The van der Waals surface area contributed by atoms with Crippen LogP contribution in [0.15, 0.2) is 24.3 Å². The van der Waals surface area contributed by atoms with Crippen LogP contribution in [0.25, 0.3) is 0 Å². The maximum Gasteiger partial charge on any atom is 0.309 e. The Morgan fingerprint density at radius 1 is 1.10 bits per heavy atom. The molecule has 0 N–H and O–H groups in total. The van der Waals surface area contributed by atoms with Crippen LogP contribution >= 0.6 is 0 Å². The van der Waals surface area contributed by atoms with Crippen LogP contribution in [0.3, 0.4) is 0 Å². The smallest absolute Gasteiger partial charge is 0.309 e. The molecule has 7 heteroatoms. The number of esters is 3. The average Bonchev–Trinajstić information content (AvgIpc) is 3.27. The Labute approximate surface area is 170 Å². The molecule has 7 nitrogen and oxygen atoms in total. The third-order valence-corrected chi connectivity index (χ3v) is 5.76. The summed E-state index contributed by atoms with van der Waals surface area (Å²) >= 11 is 0. The molecule has 0 aromatic heterocycles. The molecule has 29 heavy (non-hydrogen) atoms. The van der Waals surface area contributed by atoms with Crippen LogP contribution in [0.4, 0.5) is 0 Å². The highest BCUT2D eigenvalue weighted by atomic mass is 16.5. The zero-order valence-electron chi connectivity index (χ0n) is 17.1. The van der Waals surface area contributed by atoms with Crippen molar-refractivity contribution >= 4 is 17.9 Å². The van der Waals surface area contributed by atoms with Crippen LogP contribution in [-0.4, -0.2) is 43.8 Å². The third kappa shape index (κ3) is 5.35. The second-order valence-corrected chi connectivity index (χ2v) is 7.75. The molecule has 2 heterocycles. The van der Waals surface area contributed by atoms with Crippen molar-refractivity contribution in [3.05, 3.63) is 35.4 Å². The summed E-state index contributed by atoms with van der Waals surface area (Å²) in [6.45, 7) is 3.10. The second kappa shape index (κ2) is 9.39. The number of ether oxygens (including phenoxy) is 4. The van der Waals surface area contributed by atoms with Crippen molar-refractivity contribution < 1.29 is 33.3 Å². The van der Waals surface area contributed by atoms with E-state index < -0.39 is 6.10 Å². The Balaban J connectivity index is 1.78. The van der Waals surface area contributed by atoms with Crippen LogP contribution < -0.4 is 0 Å². The van der Waals surface area contributed by atoms with Crippen LogP contribution in [0.2, 0.25) is 0 Å². The molecular weight excluding hydrogens is 376 g/mol. The van der Waals surface area contributed by atoms with Gasteiger partial charge in [0.1, 0.15) is 6.10 Å². The molecule has 2 bridgehead atoms. The topological polar surface area (TPSA) is 88.1 Å². The van der Waals surface area contributed by atoms with E-state index in [4.69, 9.17) is 18.9 Å². The molecule has 1 aromatic carbocycles. The van der Waals surface area contributed by atoms with E-state index in [1.165, 1.54) is 21.0 Å². The van der Waals surface area contributed by atoms with E-state index in [-0.39, 0.29) is 48.4 Å². The second-order valence-electron chi connectivity index (χ2n) is 7.75. The summed E-state index contributed by atoms with van der Waals surface area (Å²) in [6.07, 6.45) is 2.35. The van der Waals surface area contributed by atoms with E-state index in [0.717, 1.165) is 24.0 Å². The van der Waals surface area contributed by atoms with Crippen LogP contribution in [0.1, 0.15) is 50.3 Å². The van der Waals surface area contributed by atoms with Gasteiger partial charge in [0.25, 0.3) is 0 Å². The van der Waals surface area contributed by atoms with Gasteiger partial charge in [0.15, 0.2) is 0 Å². The van der Waals surface area contributed by atoms with E-state index in [2.05, 4.69) is 0 Å². The summed E-state index contributed by atoms with van der Waals surface area (Å²) in [4.78, 5) is 34.7. The van der Waals surface area contributed by atoms with Gasteiger partial charge in [0.2, 0.25) is 0 Å². The highest BCUT2D eigenvalue weighted by Gasteiger charge is 2.50. The molecule has 0 radical (unpaired) electrons. The van der Waals surface area contributed by atoms with E-state index >= 15 is 0 Å². The van der Waals surface area contributed by atoms with Crippen molar-refractivity contribution in [2.75, 3.05) is 13.7 Å². The lowest BCUT2D eigenvalue weighted by Crippen LogP contribution is -2.33. The number of hydrogen-bond acceptors (Lipinski definition) is 7. The minimum Gasteiger partial charge on any atom is -0.469 e. The van der Waals surface area contributed by atoms with Crippen molar-refractivity contribution in [2.24, 2.45) is 11.8 Å². The van der Waals surface area contributed by atoms with Crippen molar-refractivity contribution in [1.29, 1.82) is 0 Å². The number of carbonyl (C=O) groups is 3. The van der Waals surface area contributed by atoms with E-state index in [9.17, 15) is 14.4 Å². The molecule has 0 spiro atoms. The molecule has 0 aliphatic carbocycles. The van der Waals surface area contributed by atoms with Gasteiger partial charge < -0.3 is 18.9 Å². The normalized spacial score (nSPS) is 26.0. The summed E-state index contributed by atoms with van der Waals surface area (Å²) < 4.78 is 21.7. The predicted octanol–water partition coefficient (Wildman–Crippen LogP) is 2.75. The van der Waals surface area contributed by atoms with Gasteiger partial charge in [-0.3, -0.25) is 14.4 Å². The number of rotatable bonds is 8. The van der Waals surface area contributed by atoms with E-state index in [1.807, 2.05) is 24.3 Å². The molecule has 2 fully saturated rings. The molecule has 2 aliphatic rings. The molecular formula is C22H28O7. The summed E-state index contributed by atoms with van der Waals surface area (Å²) in [6, 6.07) is 7.45. The Hall–Kier alpha value is -2.41. The average molecular weight is 404 g/mol. The molecule has 0 saturated carbocycles. The van der Waals surface area contributed by atoms with Crippen LogP contribution in [0, 0.1) is 11.8 Å². The van der Waals surface area contributed by atoms with Crippen molar-refractivity contribution in [2.45, 2.75) is 57.8 Å². The van der Waals surface area contributed by atoms with Gasteiger partial charge in [-0.15, -0.1) is 0 Å². The highest BCUT2D eigenvalue weighted by molar-refractivity contribution is 5.72. The first-order valence-electron chi connectivity index (χ1n) is 9.99. The molecule has 1 aromatic rings. The van der Waals surface area contributed by atoms with E-state index in [0.29, 0.717) is 13.0 Å². The summed E-state index contributed by atoms with van der Waals surface area (Å²) in [5, 5.41) is 0. The first-order chi connectivity index (χ1) is 13.9. The van der Waals surface area contributed by atoms with Gasteiger partial charge in [-0.25, -0.2) is 0 Å². The van der Waals surface area contributed by atoms with Crippen molar-refractivity contribution in [1.82, 2.24) is 0 Å².